The van der Waals surface area contributed by atoms with Crippen LogP contribution in [0.3, 0.4) is 0 Å². The Hall–Kier alpha value is 1.78. The molecule has 3 aliphatic heterocycles. The van der Waals surface area contributed by atoms with E-state index in [9.17, 15) is 46.7 Å². The zero-order chi connectivity index (χ0) is 117. The summed E-state index contributed by atoms with van der Waals surface area (Å²) < 4.78 is 172. The van der Waals surface area contributed by atoms with Gasteiger partial charge in [0.1, 0.15) is 26.5 Å². The van der Waals surface area contributed by atoms with Gasteiger partial charge in [0.2, 0.25) is 0 Å². The summed E-state index contributed by atoms with van der Waals surface area (Å²) in [5.74, 6) is 2.65. The van der Waals surface area contributed by atoms with Crippen molar-refractivity contribution < 1.29 is 124 Å². The third kappa shape index (κ3) is 95.3. The van der Waals surface area contributed by atoms with Gasteiger partial charge in [-0.25, -0.2) is 27.4 Å². The molecule has 148 heavy (non-hydrogen) atoms. The summed E-state index contributed by atoms with van der Waals surface area (Å²) in [5, 5.41) is 0. The molecule has 0 aromatic rings. The Labute approximate surface area is 934 Å². The topological polar surface area (TPSA) is 347 Å². The molecule has 3 aliphatic rings. The number of piperidine rings is 3. The number of esters is 3. The molecular formula is C103H218N4O27P7S7-. The van der Waals surface area contributed by atoms with Crippen LogP contribution in [0.15, 0.2) is 0 Å². The fourth-order valence-corrected chi connectivity index (χ4v) is 42.1. The molecule has 0 aliphatic carbocycles. The van der Waals surface area contributed by atoms with Crippen molar-refractivity contribution in [3.63, 3.8) is 0 Å². The number of nitrogens with zero attached hydrogens (tertiary/aromatic N) is 4. The molecule has 0 spiro atoms. The highest BCUT2D eigenvalue weighted by Gasteiger charge is 2.44. The maximum atomic E-state index is 13.1. The standard InChI is InChI=1S/2C21H42NO5PS.C15H32NO3PS.C15H31O5PS.C12H28NO3PS.C11H25O3PS.C8H19O3PS/c2*1-19(2,3)26-28(24,27-20(4,5)6)29-17-16-25-18(23)21(7,8)12-15-22-13-10-9-11-14-22;1-14(2,3)18-20(17,19-15(4,5)6)21-13-12-16-10-8-7-9-11-16;1-13(2,3)12(16)18-10-11-22-21(17,19-14(4,5)6)20-15(7,8)9;1-11(2,3)15-17(14,16-12(4,5)6)18-10-9-13(7)8;1-8-9-16-15(12,13-10(2,3)4)14-11(5,6)7;1-7(2,3)10-12(9,13)11-8(4,5)6/h2*9-17H2,1-8H3;7-13H2,1-6H3;10-11H2,1-9H3;9-10H2,1-8H3;8-9H2,1-7H3;1-6H3,(H,9,13)/p-1. The molecule has 45 heteroatoms. The van der Waals surface area contributed by atoms with Gasteiger partial charge in [-0.15, -0.1) is 0 Å². The maximum absolute atomic E-state index is 13.1. The first kappa shape index (κ1) is 156. The Balaban J connectivity index is -0.000000830. The molecule has 3 fully saturated rings. The van der Waals surface area contributed by atoms with Crippen molar-refractivity contribution in [2.24, 2.45) is 16.2 Å². The lowest BCUT2D eigenvalue weighted by atomic mass is 9.89. The van der Waals surface area contributed by atoms with Crippen molar-refractivity contribution in [3.8, 4) is 0 Å². The summed E-state index contributed by atoms with van der Waals surface area (Å²) in [6.45, 7) is 81.3. The molecule has 0 atom stereocenters. The van der Waals surface area contributed by atoms with Crippen LogP contribution >= 0.6 is 116 Å². The lowest BCUT2D eigenvalue weighted by molar-refractivity contribution is -0.222. The van der Waals surface area contributed by atoms with Gasteiger partial charge in [0, 0.05) is 47.6 Å². The number of likely N-dealkylation sites (tertiary alicyclic amines) is 3. The van der Waals surface area contributed by atoms with Gasteiger partial charge in [0.15, 0.2) is 0 Å². The Morgan fingerprint density at radius 1 is 0.264 bits per heavy atom. The zero-order valence-electron chi connectivity index (χ0n) is 103. The molecule has 0 unspecified atom stereocenters. The van der Waals surface area contributed by atoms with Gasteiger partial charge >= 0.3 is 58.7 Å². The van der Waals surface area contributed by atoms with Gasteiger partial charge in [-0.3, -0.25) is 68.7 Å². The van der Waals surface area contributed by atoms with Crippen LogP contribution < -0.4 is 4.89 Å². The minimum absolute atomic E-state index is 0.172. The summed E-state index contributed by atoms with van der Waals surface area (Å²) in [7, 11) is 3.97. The molecule has 3 saturated heterocycles. The number of hydrogen-bond donors (Lipinski definition) is 0. The first-order valence-electron chi connectivity index (χ1n) is 52.5. The quantitative estimate of drug-likeness (QED) is 0.0236. The van der Waals surface area contributed by atoms with E-state index in [-0.39, 0.29) is 37.7 Å². The van der Waals surface area contributed by atoms with Crippen molar-refractivity contribution in [1.82, 2.24) is 19.6 Å². The van der Waals surface area contributed by atoms with Crippen molar-refractivity contribution >= 4 is 146 Å². The molecule has 0 aromatic carbocycles. The second-order valence-corrected chi connectivity index (χ2v) is 80.3. The average Bonchev–Trinajstić information content (AvgIpc) is 0.869. The zero-order valence-corrected chi connectivity index (χ0v) is 115. The van der Waals surface area contributed by atoms with Crippen LogP contribution in [0.1, 0.15) is 423 Å². The highest BCUT2D eigenvalue weighted by molar-refractivity contribution is 8.56. The van der Waals surface area contributed by atoms with Crippen molar-refractivity contribution in [2.45, 2.75) is 502 Å². The number of rotatable bonds is 45. The van der Waals surface area contributed by atoms with E-state index in [2.05, 4.69) is 14.7 Å². The Bertz CT molecular complexity index is 3830. The summed E-state index contributed by atoms with van der Waals surface area (Å²) >= 11 is 11.9. The predicted octanol–water partition coefficient (Wildman–Crippen LogP) is 32.9. The monoisotopic (exact) mass is 2380 g/mol. The molecule has 0 bridgehead atoms. The number of carbonyl (C=O) groups excluding carboxylic acids is 3. The normalized spacial score (nSPS) is 16.1. The van der Waals surface area contributed by atoms with Gasteiger partial charge < -0.3 is 47.8 Å². The molecule has 3 rings (SSSR count). The van der Waals surface area contributed by atoms with E-state index < -0.39 is 142 Å². The van der Waals surface area contributed by atoms with Crippen molar-refractivity contribution in [1.29, 1.82) is 0 Å². The van der Waals surface area contributed by atoms with Gasteiger partial charge in [-0.05, 0) is 532 Å². The van der Waals surface area contributed by atoms with Crippen molar-refractivity contribution in [2.75, 3.05) is 134 Å². The summed E-state index contributed by atoms with van der Waals surface area (Å²) in [4.78, 5) is 57.7. The summed E-state index contributed by atoms with van der Waals surface area (Å²) in [5.41, 5.74) is -9.07. The highest BCUT2D eigenvalue weighted by Crippen LogP contribution is 2.70. The van der Waals surface area contributed by atoms with Crippen LogP contribution in [0, 0.1) is 16.2 Å². The van der Waals surface area contributed by atoms with Gasteiger partial charge in [0.25, 0.3) is 0 Å². The number of hydrogen-bond acceptors (Lipinski definition) is 38. The fourth-order valence-electron chi connectivity index (χ4n) is 12.0. The molecule has 31 nitrogen and oxygen atoms in total. The smallest absolute Gasteiger partial charge is 0.390 e. The minimum atomic E-state index is -3.38. The number of ether oxygens (including phenoxy) is 3. The molecule has 0 amide bonds. The minimum Gasteiger partial charge on any atom is -0.780 e. The molecular weight excluding hydrogens is 2170 g/mol. The molecule has 0 radical (unpaired) electrons. The predicted molar refractivity (Wildman–Crippen MR) is 635 cm³/mol. The van der Waals surface area contributed by atoms with Crippen LogP contribution in [-0.4, -0.2) is 250 Å². The first-order chi connectivity index (χ1) is 65.5. The first-order valence-corrected chi connectivity index (χ1v) is 73.9. The second kappa shape index (κ2) is 66.7. The van der Waals surface area contributed by atoms with Crippen LogP contribution in [0.2, 0.25) is 0 Å². The van der Waals surface area contributed by atoms with E-state index in [1.54, 1.807) is 62.3 Å². The summed E-state index contributed by atoms with van der Waals surface area (Å²) in [6, 6.07) is 0. The van der Waals surface area contributed by atoms with Crippen LogP contribution in [0.25, 0.3) is 0 Å². The molecule has 0 N–H and O–H groups in total. The molecule has 0 aromatic heterocycles. The van der Waals surface area contributed by atoms with Crippen LogP contribution in [0.5, 0.6) is 0 Å². The third-order valence-corrected chi connectivity index (χ3v) is 44.3. The lowest BCUT2D eigenvalue weighted by Crippen LogP contribution is -2.36. The lowest BCUT2D eigenvalue weighted by Gasteiger charge is -2.38. The average molecular weight is 2390 g/mol. The Morgan fingerprint density at radius 3 is 0.622 bits per heavy atom. The third-order valence-electron chi connectivity index (χ3n) is 17.2. The van der Waals surface area contributed by atoms with E-state index in [0.717, 1.165) is 136 Å². The Kier molecular flexibility index (Phi) is 70.3. The molecule has 3 heterocycles. The van der Waals surface area contributed by atoms with Gasteiger partial charge in [0.05, 0.1) is 94.7 Å². The largest absolute Gasteiger partial charge is 0.780 e. The van der Waals surface area contributed by atoms with Crippen LogP contribution in [0.4, 0.5) is 0 Å². The van der Waals surface area contributed by atoms with Gasteiger partial charge in [-0.1, -0.05) is 38.0 Å². The second-order valence-electron chi connectivity index (χ2n) is 53.4. The van der Waals surface area contributed by atoms with E-state index in [1.807, 2.05) is 303 Å². The maximum Gasteiger partial charge on any atom is 0.390 e. The van der Waals surface area contributed by atoms with E-state index in [0.29, 0.717) is 17.3 Å². The van der Waals surface area contributed by atoms with Crippen LogP contribution in [-0.2, 0) is 131 Å². The molecule has 0 saturated carbocycles. The fraction of sp³-hybridized carbons (Fsp3) is 0.971. The Morgan fingerprint density at radius 2 is 0.439 bits per heavy atom. The summed E-state index contributed by atoms with van der Waals surface area (Å²) in [6.07, 6.45) is 14.0. The number of carbonyl (C=O) groups is 3. The highest BCUT2D eigenvalue weighted by atomic mass is 32.7. The van der Waals surface area contributed by atoms with Crippen molar-refractivity contribution in [3.05, 3.63) is 0 Å². The SMILES string of the molecule is CC(C)(C)OP(=O)(OC(C)(C)C)SCCN1CCCCC1.CC(C)(C)OP(=O)(OC(C)(C)C)SCCOC(=O)C(C)(C)C.CC(C)(C)OP(=O)(OC(C)(C)C)SCCOC(=O)C(C)(C)CCN1CCCCC1.CC(C)(C)OP(=O)(OC(C)(C)C)SCCOC(=O)C(C)(C)CCN1CCCCC1.CC(C)(C)OP([O-])(=S)OC(C)(C)C.CCCSP(=O)(OC(C)(C)C)OC(C)(C)C.CN(C)CCSP(=O)(OC(C)(C)C)OC(C)(C)C. The van der Waals surface area contributed by atoms with E-state index >= 15 is 0 Å². The van der Waals surface area contributed by atoms with Gasteiger partial charge in [-0.2, -0.15) is 0 Å². The molecule has 890 valence electrons. The van der Waals surface area contributed by atoms with E-state index in [1.165, 1.54) is 91.9 Å². The van der Waals surface area contributed by atoms with E-state index in [4.69, 9.17) is 89.3 Å².